The van der Waals surface area contributed by atoms with Gasteiger partial charge in [0.05, 0.1) is 6.54 Å². The highest BCUT2D eigenvalue weighted by atomic mass is 79.9. The fourth-order valence-electron chi connectivity index (χ4n) is 1.46. The molecule has 18 heavy (non-hydrogen) atoms. The molecule has 0 aromatic carbocycles. The number of aromatic nitrogens is 1. The highest BCUT2D eigenvalue weighted by molar-refractivity contribution is 9.10. The minimum Gasteiger partial charge on any atom is -0.364 e. The number of amides is 1. The summed E-state index contributed by atoms with van der Waals surface area (Å²) in [6.45, 7) is 2.19. The Hall–Kier alpha value is -1.40. The van der Waals surface area contributed by atoms with Gasteiger partial charge in [-0.3, -0.25) is 9.59 Å². The van der Waals surface area contributed by atoms with Crippen LogP contribution in [0.5, 0.6) is 0 Å². The molecule has 0 bridgehead atoms. The summed E-state index contributed by atoms with van der Waals surface area (Å²) in [5.41, 5.74) is 0.603. The van der Waals surface area contributed by atoms with E-state index in [0.29, 0.717) is 6.54 Å². The standard InChI is InChI=1S/C12H11BrN2O2S/c1-7-2-11(16)10(5-14-7)12(17)15-4-9-3-8(13)6-18-9/h2-3,5-6H,4H2,1H3,(H,14,16)(H,15,17). The molecule has 0 saturated heterocycles. The second-order valence-corrected chi connectivity index (χ2v) is 5.72. The van der Waals surface area contributed by atoms with Crippen LogP contribution in [0.15, 0.2) is 33.0 Å². The molecule has 0 aliphatic rings. The van der Waals surface area contributed by atoms with E-state index in [1.165, 1.54) is 12.3 Å². The first kappa shape index (κ1) is 13.0. The summed E-state index contributed by atoms with van der Waals surface area (Å²) < 4.78 is 0.991. The number of thiophene rings is 1. The van der Waals surface area contributed by atoms with Crippen LogP contribution in [0.3, 0.4) is 0 Å². The number of carbonyl (C=O) groups excluding carboxylic acids is 1. The van der Waals surface area contributed by atoms with Crippen LogP contribution in [-0.4, -0.2) is 10.9 Å². The first-order valence-corrected chi connectivity index (χ1v) is 6.94. The van der Waals surface area contributed by atoms with Gasteiger partial charge in [0, 0.05) is 32.7 Å². The molecule has 0 spiro atoms. The van der Waals surface area contributed by atoms with Gasteiger partial charge in [0.15, 0.2) is 5.43 Å². The smallest absolute Gasteiger partial charge is 0.257 e. The van der Waals surface area contributed by atoms with Gasteiger partial charge in [-0.05, 0) is 28.9 Å². The lowest BCUT2D eigenvalue weighted by molar-refractivity contribution is 0.0950. The average Bonchev–Trinajstić information content (AvgIpc) is 2.72. The van der Waals surface area contributed by atoms with Gasteiger partial charge < -0.3 is 10.3 Å². The molecule has 1 amide bonds. The summed E-state index contributed by atoms with van der Waals surface area (Å²) in [6, 6.07) is 3.35. The lowest BCUT2D eigenvalue weighted by atomic mass is 10.2. The Morgan fingerprint density at radius 2 is 2.28 bits per heavy atom. The molecule has 0 atom stereocenters. The molecule has 0 radical (unpaired) electrons. The molecule has 0 saturated carbocycles. The number of hydrogen-bond donors (Lipinski definition) is 2. The molecule has 0 fully saturated rings. The Bertz CT molecular complexity index is 633. The van der Waals surface area contributed by atoms with Crippen LogP contribution in [0, 0.1) is 6.92 Å². The van der Waals surface area contributed by atoms with E-state index in [1.54, 1.807) is 18.3 Å². The van der Waals surface area contributed by atoms with Crippen molar-refractivity contribution in [2.24, 2.45) is 0 Å². The minimum absolute atomic E-state index is 0.135. The molecule has 0 aliphatic heterocycles. The number of rotatable bonds is 3. The van der Waals surface area contributed by atoms with Crippen molar-refractivity contribution in [1.82, 2.24) is 10.3 Å². The van der Waals surface area contributed by atoms with E-state index in [4.69, 9.17) is 0 Å². The predicted molar refractivity (Wildman–Crippen MR) is 75.0 cm³/mol. The molecule has 4 nitrogen and oxygen atoms in total. The summed E-state index contributed by atoms with van der Waals surface area (Å²) in [7, 11) is 0. The van der Waals surface area contributed by atoms with Crippen molar-refractivity contribution in [2.75, 3.05) is 0 Å². The zero-order valence-corrected chi connectivity index (χ0v) is 12.0. The van der Waals surface area contributed by atoms with Crippen molar-refractivity contribution in [1.29, 1.82) is 0 Å². The van der Waals surface area contributed by atoms with Crippen LogP contribution in [0.4, 0.5) is 0 Å². The summed E-state index contributed by atoms with van der Waals surface area (Å²) in [5, 5.41) is 4.66. The van der Waals surface area contributed by atoms with E-state index >= 15 is 0 Å². The lowest BCUT2D eigenvalue weighted by Gasteiger charge is -2.03. The Morgan fingerprint density at radius 3 is 2.89 bits per heavy atom. The van der Waals surface area contributed by atoms with Gasteiger partial charge in [0.2, 0.25) is 0 Å². The van der Waals surface area contributed by atoms with Crippen LogP contribution in [0.1, 0.15) is 20.9 Å². The number of halogens is 1. The van der Waals surface area contributed by atoms with Gasteiger partial charge in [-0.25, -0.2) is 0 Å². The molecule has 2 aromatic rings. The Morgan fingerprint density at radius 1 is 1.50 bits per heavy atom. The first-order valence-electron chi connectivity index (χ1n) is 5.26. The summed E-state index contributed by atoms with van der Waals surface area (Å²) in [5.74, 6) is -0.360. The predicted octanol–water partition coefficient (Wildman–Crippen LogP) is 2.44. The van der Waals surface area contributed by atoms with Crippen LogP contribution in [-0.2, 0) is 6.54 Å². The Kier molecular flexibility index (Phi) is 3.98. The second-order valence-electron chi connectivity index (χ2n) is 3.81. The van der Waals surface area contributed by atoms with E-state index in [0.717, 1.165) is 15.0 Å². The van der Waals surface area contributed by atoms with Gasteiger partial charge in [0.1, 0.15) is 5.56 Å². The van der Waals surface area contributed by atoms with Crippen molar-refractivity contribution < 1.29 is 4.79 Å². The number of carbonyl (C=O) groups is 1. The van der Waals surface area contributed by atoms with Gasteiger partial charge in [-0.2, -0.15) is 0 Å². The number of pyridine rings is 1. The monoisotopic (exact) mass is 326 g/mol. The maximum absolute atomic E-state index is 11.8. The normalized spacial score (nSPS) is 10.3. The molecular weight excluding hydrogens is 316 g/mol. The SMILES string of the molecule is Cc1cc(=O)c(C(=O)NCc2cc(Br)cs2)c[nH]1. The topological polar surface area (TPSA) is 62.0 Å². The third kappa shape index (κ3) is 3.08. The molecule has 2 rings (SSSR count). The largest absolute Gasteiger partial charge is 0.364 e. The van der Waals surface area contributed by atoms with Crippen molar-refractivity contribution in [3.63, 3.8) is 0 Å². The fourth-order valence-corrected chi connectivity index (χ4v) is 2.85. The summed E-state index contributed by atoms with van der Waals surface area (Å²) >= 11 is 4.89. The molecular formula is C12H11BrN2O2S. The quantitative estimate of drug-likeness (QED) is 0.910. The lowest BCUT2D eigenvalue weighted by Crippen LogP contribution is -2.28. The zero-order valence-electron chi connectivity index (χ0n) is 9.62. The third-order valence-electron chi connectivity index (χ3n) is 2.35. The highest BCUT2D eigenvalue weighted by Crippen LogP contribution is 2.19. The summed E-state index contributed by atoms with van der Waals surface area (Å²) in [4.78, 5) is 27.3. The van der Waals surface area contributed by atoms with E-state index in [9.17, 15) is 9.59 Å². The van der Waals surface area contributed by atoms with Crippen molar-refractivity contribution in [2.45, 2.75) is 13.5 Å². The molecule has 2 heterocycles. The van der Waals surface area contributed by atoms with E-state index in [1.807, 2.05) is 11.4 Å². The van der Waals surface area contributed by atoms with E-state index < -0.39 is 0 Å². The molecule has 94 valence electrons. The fraction of sp³-hybridized carbons (Fsp3) is 0.167. The zero-order chi connectivity index (χ0) is 13.1. The maximum atomic E-state index is 11.8. The molecule has 2 N–H and O–H groups in total. The minimum atomic E-state index is -0.360. The molecule has 0 unspecified atom stereocenters. The van der Waals surface area contributed by atoms with E-state index in [-0.39, 0.29) is 16.9 Å². The third-order valence-corrected chi connectivity index (χ3v) is 4.04. The molecule has 0 aliphatic carbocycles. The van der Waals surface area contributed by atoms with Crippen LogP contribution in [0.25, 0.3) is 0 Å². The number of aryl methyl sites for hydroxylation is 1. The average molecular weight is 327 g/mol. The Labute approximate surface area is 116 Å². The van der Waals surface area contributed by atoms with Gasteiger partial charge >= 0.3 is 0 Å². The maximum Gasteiger partial charge on any atom is 0.257 e. The van der Waals surface area contributed by atoms with Gasteiger partial charge in [0.25, 0.3) is 5.91 Å². The van der Waals surface area contributed by atoms with Crippen molar-refractivity contribution >= 4 is 33.2 Å². The number of hydrogen-bond acceptors (Lipinski definition) is 3. The van der Waals surface area contributed by atoms with Gasteiger partial charge in [-0.15, -0.1) is 11.3 Å². The molecule has 6 heteroatoms. The number of H-pyrrole nitrogens is 1. The number of nitrogens with one attached hydrogen (secondary N) is 2. The summed E-state index contributed by atoms with van der Waals surface area (Å²) in [6.07, 6.45) is 1.44. The van der Waals surface area contributed by atoms with Crippen molar-refractivity contribution in [3.8, 4) is 0 Å². The van der Waals surface area contributed by atoms with Crippen LogP contribution >= 0.6 is 27.3 Å². The van der Waals surface area contributed by atoms with Crippen LogP contribution < -0.4 is 10.7 Å². The van der Waals surface area contributed by atoms with E-state index in [2.05, 4.69) is 26.2 Å². The Balaban J connectivity index is 2.06. The second kappa shape index (κ2) is 5.49. The van der Waals surface area contributed by atoms with Gasteiger partial charge in [-0.1, -0.05) is 0 Å². The highest BCUT2D eigenvalue weighted by Gasteiger charge is 2.10. The van der Waals surface area contributed by atoms with Crippen molar-refractivity contribution in [3.05, 3.63) is 54.5 Å². The molecule has 2 aromatic heterocycles. The van der Waals surface area contributed by atoms with Crippen LogP contribution in [0.2, 0.25) is 0 Å². The number of aromatic amines is 1. The first-order chi connectivity index (χ1) is 8.56.